The van der Waals surface area contributed by atoms with E-state index in [9.17, 15) is 0 Å². The predicted molar refractivity (Wildman–Crippen MR) is 16.9 cm³/mol. The van der Waals surface area contributed by atoms with Gasteiger partial charge < -0.3 is 10.6 Å². The molecule has 0 rings (SSSR count). The third-order valence-corrected chi connectivity index (χ3v) is 0. The molecule has 7 heteroatoms. The largest absolute Gasteiger partial charge is 0.481 e. The molecule has 0 aromatic rings. The minimum atomic E-state index is -0.833. The Morgan fingerprint density at radius 3 is 1.11 bits per heavy atom. The monoisotopic (exact) mass is 310 g/mol. The molecule has 0 amide bonds. The van der Waals surface area contributed by atoms with Gasteiger partial charge in [0.05, 0.1) is 0 Å². The first-order valence-corrected chi connectivity index (χ1v) is 0.928. The van der Waals surface area contributed by atoms with E-state index >= 15 is 0 Å². The van der Waals surface area contributed by atoms with E-state index in [4.69, 9.17) is 9.90 Å². The van der Waals surface area contributed by atoms with Crippen LogP contribution in [-0.4, -0.2) is 16.6 Å². The average Bonchev–Trinajstić information content (AvgIpc) is 0.811. The van der Waals surface area contributed by atoms with Crippen LogP contribution in [0, 0.1) is 0 Å². The Labute approximate surface area is 93.7 Å². The predicted octanol–water partition coefficient (Wildman–Crippen LogP) is -0.744. The molecule has 3 nitrogen and oxygen atoms in total. The zero-order chi connectivity index (χ0) is 3.58. The Bertz CT molecular complexity index is 36.8. The molecular weight excluding hydrogens is 307 g/mol. The first-order chi connectivity index (χ1) is 1.73. The standard InChI is InChI=1S/C2H4O2.4Ni.H2O/c1-2(3)4;;;;;/h1H3,(H,3,4);;;;;1H2. The van der Waals surface area contributed by atoms with Gasteiger partial charge in [-0.1, -0.05) is 0 Å². The van der Waals surface area contributed by atoms with E-state index in [1.165, 1.54) is 0 Å². The molecule has 9 heavy (non-hydrogen) atoms. The summed E-state index contributed by atoms with van der Waals surface area (Å²) >= 11 is 0. The van der Waals surface area contributed by atoms with Gasteiger partial charge in [0.1, 0.15) is 0 Å². The number of carbonyl (C=O) groups is 1. The molecule has 0 saturated heterocycles. The maximum Gasteiger partial charge on any atom is 0.300 e. The van der Waals surface area contributed by atoms with Crippen molar-refractivity contribution in [3.05, 3.63) is 0 Å². The van der Waals surface area contributed by atoms with Crippen molar-refractivity contribution in [2.45, 2.75) is 6.92 Å². The molecule has 0 aromatic carbocycles. The van der Waals surface area contributed by atoms with Gasteiger partial charge in [-0.3, -0.25) is 4.79 Å². The Hall–Kier alpha value is 1.40. The number of carboxylic acid groups (broad SMARTS) is 1. The molecule has 0 heterocycles. The maximum atomic E-state index is 9.00. The second kappa shape index (κ2) is 34.2. The van der Waals surface area contributed by atoms with Crippen molar-refractivity contribution in [2.24, 2.45) is 0 Å². The number of carboxylic acids is 1. The summed E-state index contributed by atoms with van der Waals surface area (Å²) in [4.78, 5) is 9.00. The van der Waals surface area contributed by atoms with Crippen molar-refractivity contribution >= 4 is 5.97 Å². The summed E-state index contributed by atoms with van der Waals surface area (Å²) in [7, 11) is 0. The van der Waals surface area contributed by atoms with E-state index in [-0.39, 0.29) is 71.4 Å². The van der Waals surface area contributed by atoms with E-state index in [1.54, 1.807) is 0 Å². The van der Waals surface area contributed by atoms with E-state index in [0.29, 0.717) is 0 Å². The molecular formula is C2H6Ni4O3. The summed E-state index contributed by atoms with van der Waals surface area (Å²) in [6, 6.07) is 0. The van der Waals surface area contributed by atoms with Gasteiger partial charge in [0.25, 0.3) is 5.97 Å². The van der Waals surface area contributed by atoms with E-state index in [0.717, 1.165) is 6.92 Å². The zero-order valence-electron chi connectivity index (χ0n) is 4.12. The Morgan fingerprint density at radius 1 is 1.11 bits per heavy atom. The van der Waals surface area contributed by atoms with Crippen molar-refractivity contribution in [1.29, 1.82) is 0 Å². The quantitative estimate of drug-likeness (QED) is 0.598. The first-order valence-electron chi connectivity index (χ1n) is 0.928. The first kappa shape index (κ1) is 47.4. The molecule has 0 atom stereocenters. The topological polar surface area (TPSA) is 68.8 Å². The second-order valence-corrected chi connectivity index (χ2v) is 0.519. The maximum absolute atomic E-state index is 9.00. The molecule has 0 spiro atoms. The van der Waals surface area contributed by atoms with Crippen molar-refractivity contribution in [1.82, 2.24) is 0 Å². The van der Waals surface area contributed by atoms with Crippen LogP contribution in [0.15, 0.2) is 0 Å². The second-order valence-electron chi connectivity index (χ2n) is 0.519. The Kier molecular flexibility index (Phi) is 180. The Morgan fingerprint density at radius 2 is 1.11 bits per heavy atom. The normalized spacial score (nSPS) is 2.78. The van der Waals surface area contributed by atoms with Gasteiger partial charge in [0, 0.05) is 72.9 Å². The fourth-order valence-electron chi connectivity index (χ4n) is 0. The van der Waals surface area contributed by atoms with E-state index in [1.807, 2.05) is 0 Å². The summed E-state index contributed by atoms with van der Waals surface area (Å²) in [6.07, 6.45) is 0. The van der Waals surface area contributed by atoms with Crippen LogP contribution in [-0.2, 0) is 70.8 Å². The zero-order valence-corrected chi connectivity index (χ0v) is 8.07. The summed E-state index contributed by atoms with van der Waals surface area (Å²) in [6.45, 7) is 1.08. The number of hydrogen-bond donors (Lipinski definition) is 1. The Balaban J connectivity index is -0.00000000450. The van der Waals surface area contributed by atoms with Gasteiger partial charge in [0.2, 0.25) is 0 Å². The SMILES string of the molecule is CC(=O)O.O.[Ni].[Ni].[Ni].[Ni]. The van der Waals surface area contributed by atoms with Gasteiger partial charge >= 0.3 is 0 Å². The minimum absolute atomic E-state index is 0. The summed E-state index contributed by atoms with van der Waals surface area (Å²) in [5.41, 5.74) is 0. The van der Waals surface area contributed by atoms with Crippen LogP contribution >= 0.6 is 0 Å². The number of aliphatic carboxylic acids is 1. The van der Waals surface area contributed by atoms with Gasteiger partial charge in [-0.05, 0) is 0 Å². The van der Waals surface area contributed by atoms with E-state index < -0.39 is 5.97 Å². The van der Waals surface area contributed by atoms with Crippen molar-refractivity contribution in [3.8, 4) is 0 Å². The van der Waals surface area contributed by atoms with Crippen molar-refractivity contribution in [3.63, 3.8) is 0 Å². The van der Waals surface area contributed by atoms with E-state index in [2.05, 4.69) is 0 Å². The fourth-order valence-corrected chi connectivity index (χ4v) is 0. The van der Waals surface area contributed by atoms with Crippen LogP contribution in [0.25, 0.3) is 0 Å². The van der Waals surface area contributed by atoms with Crippen LogP contribution in [0.4, 0.5) is 0 Å². The van der Waals surface area contributed by atoms with Crippen LogP contribution in [0.1, 0.15) is 6.92 Å². The molecule has 0 saturated carbocycles. The van der Waals surface area contributed by atoms with Gasteiger partial charge in [-0.15, -0.1) is 0 Å². The third kappa shape index (κ3) is 262. The molecule has 0 aliphatic rings. The summed E-state index contributed by atoms with van der Waals surface area (Å²) in [5, 5.41) is 7.42. The summed E-state index contributed by atoms with van der Waals surface area (Å²) < 4.78 is 0. The molecule has 72 valence electrons. The average molecular weight is 313 g/mol. The molecule has 3 N–H and O–H groups in total. The van der Waals surface area contributed by atoms with Crippen LogP contribution in [0.3, 0.4) is 0 Å². The van der Waals surface area contributed by atoms with Crippen LogP contribution < -0.4 is 0 Å². The van der Waals surface area contributed by atoms with Crippen molar-refractivity contribution < 1.29 is 81.3 Å². The van der Waals surface area contributed by atoms with Gasteiger partial charge in [0.15, 0.2) is 0 Å². The van der Waals surface area contributed by atoms with Gasteiger partial charge in [-0.25, -0.2) is 0 Å². The number of rotatable bonds is 0. The molecule has 0 aliphatic heterocycles. The number of hydrogen-bond acceptors (Lipinski definition) is 1. The molecule has 0 radical (unpaired) electrons. The van der Waals surface area contributed by atoms with Crippen molar-refractivity contribution in [2.75, 3.05) is 0 Å². The molecule has 0 bridgehead atoms. The minimum Gasteiger partial charge on any atom is -0.481 e. The molecule has 0 fully saturated rings. The summed E-state index contributed by atoms with van der Waals surface area (Å²) in [5.74, 6) is -0.833. The van der Waals surface area contributed by atoms with Crippen LogP contribution in [0.5, 0.6) is 0 Å². The molecule has 0 aromatic heterocycles. The van der Waals surface area contributed by atoms with Gasteiger partial charge in [-0.2, -0.15) is 0 Å². The smallest absolute Gasteiger partial charge is 0.300 e. The fraction of sp³-hybridized carbons (Fsp3) is 0.500. The third-order valence-electron chi connectivity index (χ3n) is 0. The molecule has 0 unspecified atom stereocenters. The molecule has 0 aliphatic carbocycles. The van der Waals surface area contributed by atoms with Crippen LogP contribution in [0.2, 0.25) is 0 Å².